The van der Waals surface area contributed by atoms with Gasteiger partial charge in [-0.05, 0) is 42.0 Å². The van der Waals surface area contributed by atoms with E-state index in [1.54, 1.807) is 72.8 Å². The van der Waals surface area contributed by atoms with Crippen LogP contribution in [0.25, 0.3) is 0 Å². The number of nitrogens with one attached hydrogen (secondary N) is 1. The number of amides is 1. The third-order valence-electron chi connectivity index (χ3n) is 3.49. The fourth-order valence-electron chi connectivity index (χ4n) is 2.22. The maximum absolute atomic E-state index is 12.1. The summed E-state index contributed by atoms with van der Waals surface area (Å²) >= 11 is 0. The van der Waals surface area contributed by atoms with Gasteiger partial charge in [0.05, 0.1) is 11.8 Å². The van der Waals surface area contributed by atoms with Gasteiger partial charge in [-0.2, -0.15) is 5.10 Å². The number of ether oxygens (including phenoxy) is 1. The zero-order chi connectivity index (χ0) is 18.2. The summed E-state index contributed by atoms with van der Waals surface area (Å²) in [6, 6.07) is 24.4. The maximum atomic E-state index is 12.1. The molecule has 0 atom stereocenters. The molecular weight excluding hydrogens is 328 g/mol. The summed E-state index contributed by atoms with van der Waals surface area (Å²) in [5.41, 5.74) is 4.14. The van der Waals surface area contributed by atoms with Gasteiger partial charge in [0.2, 0.25) is 0 Å². The SMILES string of the molecule is O=C(N/N=C/c1cccc(OC(=O)c2ccccc2)c1)c1ccccc1. The lowest BCUT2D eigenvalue weighted by atomic mass is 10.2. The average molecular weight is 344 g/mol. The van der Waals surface area contributed by atoms with Crippen molar-refractivity contribution in [2.24, 2.45) is 5.10 Å². The molecule has 0 heterocycles. The number of nitrogens with zero attached hydrogens (tertiary/aromatic N) is 1. The van der Waals surface area contributed by atoms with Crippen molar-refractivity contribution in [1.29, 1.82) is 0 Å². The Balaban J connectivity index is 1.62. The lowest BCUT2D eigenvalue weighted by Crippen LogP contribution is -2.17. The van der Waals surface area contributed by atoms with Crippen LogP contribution < -0.4 is 10.2 Å². The Morgan fingerprint density at radius 2 is 1.46 bits per heavy atom. The molecule has 0 aliphatic heterocycles. The second kappa shape index (κ2) is 8.39. The molecule has 3 aromatic rings. The Morgan fingerprint density at radius 3 is 2.15 bits per heavy atom. The first-order chi connectivity index (χ1) is 12.7. The van der Waals surface area contributed by atoms with Gasteiger partial charge in [0, 0.05) is 5.56 Å². The second-order valence-corrected chi connectivity index (χ2v) is 5.39. The van der Waals surface area contributed by atoms with Crippen LogP contribution in [0.2, 0.25) is 0 Å². The zero-order valence-electron chi connectivity index (χ0n) is 13.8. The Morgan fingerprint density at radius 1 is 0.808 bits per heavy atom. The van der Waals surface area contributed by atoms with Gasteiger partial charge in [-0.15, -0.1) is 0 Å². The minimum absolute atomic E-state index is 0.298. The molecule has 0 saturated carbocycles. The summed E-state index contributed by atoms with van der Waals surface area (Å²) in [6.45, 7) is 0. The number of hydrogen-bond acceptors (Lipinski definition) is 4. The quantitative estimate of drug-likeness (QED) is 0.332. The zero-order valence-corrected chi connectivity index (χ0v) is 13.8. The van der Waals surface area contributed by atoms with Crippen LogP contribution in [0, 0.1) is 0 Å². The molecule has 0 aromatic heterocycles. The molecule has 0 fully saturated rings. The van der Waals surface area contributed by atoms with E-state index in [0.29, 0.717) is 22.4 Å². The second-order valence-electron chi connectivity index (χ2n) is 5.39. The number of hydrogen-bond donors (Lipinski definition) is 1. The van der Waals surface area contributed by atoms with Crippen molar-refractivity contribution in [1.82, 2.24) is 5.43 Å². The van der Waals surface area contributed by atoms with Gasteiger partial charge in [0.25, 0.3) is 5.91 Å². The van der Waals surface area contributed by atoms with Crippen molar-refractivity contribution in [3.05, 3.63) is 102 Å². The minimum Gasteiger partial charge on any atom is -0.423 e. The van der Waals surface area contributed by atoms with Crippen molar-refractivity contribution < 1.29 is 14.3 Å². The Labute approximate surface area is 150 Å². The van der Waals surface area contributed by atoms with E-state index in [1.165, 1.54) is 6.21 Å². The van der Waals surface area contributed by atoms with Crippen molar-refractivity contribution in [3.63, 3.8) is 0 Å². The highest BCUT2D eigenvalue weighted by atomic mass is 16.5. The van der Waals surface area contributed by atoms with Crippen LogP contribution in [-0.2, 0) is 0 Å². The van der Waals surface area contributed by atoms with Crippen LogP contribution in [0.1, 0.15) is 26.3 Å². The third kappa shape index (κ3) is 4.64. The Bertz CT molecular complexity index is 922. The molecule has 5 nitrogen and oxygen atoms in total. The van der Waals surface area contributed by atoms with Crippen LogP contribution in [0.5, 0.6) is 5.75 Å². The van der Waals surface area contributed by atoms with Gasteiger partial charge in [-0.3, -0.25) is 4.79 Å². The van der Waals surface area contributed by atoms with E-state index in [1.807, 2.05) is 12.1 Å². The summed E-state index contributed by atoms with van der Waals surface area (Å²) in [5.74, 6) is -0.331. The molecule has 0 radical (unpaired) electrons. The molecule has 0 aliphatic carbocycles. The van der Waals surface area contributed by atoms with Gasteiger partial charge in [0.1, 0.15) is 5.75 Å². The van der Waals surface area contributed by atoms with Crippen molar-refractivity contribution >= 4 is 18.1 Å². The molecule has 3 rings (SSSR count). The van der Waals surface area contributed by atoms with E-state index >= 15 is 0 Å². The van der Waals surface area contributed by atoms with E-state index < -0.39 is 5.97 Å². The Hall–Kier alpha value is -3.73. The van der Waals surface area contributed by atoms with Crippen LogP contribution in [-0.4, -0.2) is 18.1 Å². The molecule has 0 aliphatic rings. The highest BCUT2D eigenvalue weighted by Crippen LogP contribution is 2.14. The molecular formula is C21H16N2O3. The van der Waals surface area contributed by atoms with Gasteiger partial charge >= 0.3 is 5.97 Å². The van der Waals surface area contributed by atoms with Crippen LogP contribution >= 0.6 is 0 Å². The number of esters is 1. The molecule has 0 unspecified atom stereocenters. The van der Waals surface area contributed by atoms with Crippen molar-refractivity contribution in [2.75, 3.05) is 0 Å². The molecule has 1 amide bonds. The predicted octanol–water partition coefficient (Wildman–Crippen LogP) is 3.67. The molecule has 3 aromatic carbocycles. The lowest BCUT2D eigenvalue weighted by molar-refractivity contribution is 0.0734. The highest BCUT2D eigenvalue weighted by molar-refractivity contribution is 5.95. The van der Waals surface area contributed by atoms with Crippen molar-refractivity contribution in [2.45, 2.75) is 0 Å². The average Bonchev–Trinajstić information content (AvgIpc) is 2.69. The largest absolute Gasteiger partial charge is 0.423 e. The fraction of sp³-hybridized carbons (Fsp3) is 0. The number of rotatable bonds is 5. The number of benzene rings is 3. The van der Waals surface area contributed by atoms with E-state index in [9.17, 15) is 9.59 Å². The number of hydrazone groups is 1. The summed E-state index contributed by atoms with van der Waals surface area (Å²) in [4.78, 5) is 24.0. The summed E-state index contributed by atoms with van der Waals surface area (Å²) in [6.07, 6.45) is 1.49. The topological polar surface area (TPSA) is 67.8 Å². The highest BCUT2D eigenvalue weighted by Gasteiger charge is 2.07. The van der Waals surface area contributed by atoms with Crippen LogP contribution in [0.4, 0.5) is 0 Å². The molecule has 26 heavy (non-hydrogen) atoms. The summed E-state index contributed by atoms with van der Waals surface area (Å²) < 4.78 is 5.35. The molecule has 0 bridgehead atoms. The normalized spacial score (nSPS) is 10.5. The van der Waals surface area contributed by atoms with Crippen molar-refractivity contribution in [3.8, 4) is 5.75 Å². The number of carbonyl (C=O) groups is 2. The first-order valence-electron chi connectivity index (χ1n) is 7.98. The van der Waals surface area contributed by atoms with Gasteiger partial charge in [-0.1, -0.05) is 48.5 Å². The van der Waals surface area contributed by atoms with Gasteiger partial charge < -0.3 is 4.74 Å². The van der Waals surface area contributed by atoms with Gasteiger partial charge in [0.15, 0.2) is 0 Å². The summed E-state index contributed by atoms with van der Waals surface area (Å²) in [5, 5.41) is 3.93. The van der Waals surface area contributed by atoms with E-state index in [-0.39, 0.29) is 5.91 Å². The minimum atomic E-state index is -0.433. The smallest absolute Gasteiger partial charge is 0.343 e. The van der Waals surface area contributed by atoms with Crippen LogP contribution in [0.15, 0.2) is 90.0 Å². The Kier molecular flexibility index (Phi) is 5.52. The molecule has 128 valence electrons. The molecule has 0 saturated heterocycles. The monoisotopic (exact) mass is 344 g/mol. The maximum Gasteiger partial charge on any atom is 0.343 e. The first kappa shape index (κ1) is 17.1. The molecule has 0 spiro atoms. The molecule has 5 heteroatoms. The standard InChI is InChI=1S/C21H16N2O3/c24-20(17-9-3-1-4-10-17)23-22-15-16-8-7-13-19(14-16)26-21(25)18-11-5-2-6-12-18/h1-15H,(H,23,24)/b22-15+. The lowest BCUT2D eigenvalue weighted by Gasteiger charge is -2.05. The van der Waals surface area contributed by atoms with E-state index in [4.69, 9.17) is 4.74 Å². The molecule has 1 N–H and O–H groups in total. The van der Waals surface area contributed by atoms with E-state index in [0.717, 1.165) is 0 Å². The number of carbonyl (C=O) groups excluding carboxylic acids is 2. The van der Waals surface area contributed by atoms with Gasteiger partial charge in [-0.25, -0.2) is 10.2 Å². The van der Waals surface area contributed by atoms with Crippen LogP contribution in [0.3, 0.4) is 0 Å². The first-order valence-corrected chi connectivity index (χ1v) is 7.98. The third-order valence-corrected chi connectivity index (χ3v) is 3.49. The predicted molar refractivity (Wildman–Crippen MR) is 99.3 cm³/mol. The fourth-order valence-corrected chi connectivity index (χ4v) is 2.22. The van der Waals surface area contributed by atoms with E-state index in [2.05, 4.69) is 10.5 Å². The summed E-state index contributed by atoms with van der Waals surface area (Å²) in [7, 11) is 0.